The molecule has 1 aliphatic heterocycles. The monoisotopic (exact) mass is 387 g/mol. The largest absolute Gasteiger partial charge is 0.480 e. The Labute approximate surface area is 155 Å². The van der Waals surface area contributed by atoms with Gasteiger partial charge in [-0.15, -0.1) is 0 Å². The summed E-state index contributed by atoms with van der Waals surface area (Å²) >= 11 is 0. The number of aliphatic hydroxyl groups is 1. The van der Waals surface area contributed by atoms with Crippen LogP contribution in [0.25, 0.3) is 0 Å². The van der Waals surface area contributed by atoms with Crippen LogP contribution in [0.4, 0.5) is 0 Å². The molecular weight excluding hydrogens is 362 g/mol. The third kappa shape index (κ3) is 8.00. The third-order valence-corrected chi connectivity index (χ3v) is 3.93. The van der Waals surface area contributed by atoms with E-state index in [-0.39, 0.29) is 24.8 Å². The molecule has 152 valence electrons. The van der Waals surface area contributed by atoms with Crippen molar-refractivity contribution in [3.63, 3.8) is 0 Å². The van der Waals surface area contributed by atoms with Crippen LogP contribution in [0.1, 0.15) is 25.7 Å². The smallest absolute Gasteiger partial charge is 0.326 e. The summed E-state index contributed by atoms with van der Waals surface area (Å²) in [7, 11) is 0. The van der Waals surface area contributed by atoms with Gasteiger partial charge in [-0.1, -0.05) is 0 Å². The Morgan fingerprint density at radius 1 is 1.15 bits per heavy atom. The molecule has 1 aliphatic rings. The van der Waals surface area contributed by atoms with Crippen LogP contribution in [0.5, 0.6) is 0 Å². The van der Waals surface area contributed by atoms with Gasteiger partial charge in [0.2, 0.25) is 23.6 Å². The first-order chi connectivity index (χ1) is 12.7. The summed E-state index contributed by atoms with van der Waals surface area (Å²) in [6, 6.07) is -3.17. The van der Waals surface area contributed by atoms with E-state index in [1.54, 1.807) is 0 Å². The molecule has 1 heterocycles. The number of nitrogens with one attached hydrogen (secondary N) is 4. The first kappa shape index (κ1) is 22.3. The highest BCUT2D eigenvalue weighted by Gasteiger charge is 2.27. The minimum absolute atomic E-state index is 0.229. The van der Waals surface area contributed by atoms with Gasteiger partial charge in [0.05, 0.1) is 19.2 Å². The van der Waals surface area contributed by atoms with E-state index in [2.05, 4.69) is 21.3 Å². The van der Waals surface area contributed by atoms with Crippen LogP contribution in [-0.2, 0) is 24.0 Å². The molecule has 8 N–H and O–H groups in total. The number of carbonyl (C=O) groups is 5. The van der Waals surface area contributed by atoms with E-state index in [1.807, 2.05) is 0 Å². The quantitative estimate of drug-likeness (QED) is 0.187. The number of carboxylic acids is 1. The van der Waals surface area contributed by atoms with E-state index in [0.29, 0.717) is 6.42 Å². The van der Waals surface area contributed by atoms with Gasteiger partial charge in [0.1, 0.15) is 12.1 Å². The van der Waals surface area contributed by atoms with E-state index in [9.17, 15) is 29.1 Å². The van der Waals surface area contributed by atoms with Crippen molar-refractivity contribution in [2.75, 3.05) is 19.7 Å². The number of amides is 4. The maximum absolute atomic E-state index is 12.1. The summed E-state index contributed by atoms with van der Waals surface area (Å²) in [4.78, 5) is 57.6. The van der Waals surface area contributed by atoms with Gasteiger partial charge in [0, 0.05) is 6.42 Å². The van der Waals surface area contributed by atoms with Crippen molar-refractivity contribution in [2.45, 2.75) is 43.8 Å². The molecule has 12 nitrogen and oxygen atoms in total. The Morgan fingerprint density at radius 3 is 2.37 bits per heavy atom. The maximum atomic E-state index is 12.1. The Morgan fingerprint density at radius 2 is 1.85 bits per heavy atom. The molecule has 0 aromatic rings. The number of hydrogen-bond acceptors (Lipinski definition) is 7. The molecule has 4 amide bonds. The lowest BCUT2D eigenvalue weighted by Gasteiger charge is -2.20. The molecule has 27 heavy (non-hydrogen) atoms. The van der Waals surface area contributed by atoms with Crippen LogP contribution in [0, 0.1) is 0 Å². The van der Waals surface area contributed by atoms with Crippen molar-refractivity contribution in [1.82, 2.24) is 21.3 Å². The number of carboxylic acid groups (broad SMARTS) is 1. The lowest BCUT2D eigenvalue weighted by molar-refractivity contribution is -0.142. The van der Waals surface area contributed by atoms with Crippen LogP contribution in [-0.4, -0.2) is 77.6 Å². The molecule has 0 radical (unpaired) electrons. The number of nitrogens with two attached hydrogens (primary N) is 1. The molecule has 1 rings (SSSR count). The van der Waals surface area contributed by atoms with Crippen LogP contribution in [0.2, 0.25) is 0 Å². The van der Waals surface area contributed by atoms with Crippen molar-refractivity contribution >= 4 is 29.6 Å². The second kappa shape index (κ2) is 11.1. The molecule has 0 bridgehead atoms. The summed E-state index contributed by atoms with van der Waals surface area (Å²) in [5, 5.41) is 28.0. The van der Waals surface area contributed by atoms with Gasteiger partial charge in [0.15, 0.2) is 0 Å². The van der Waals surface area contributed by atoms with E-state index in [1.165, 1.54) is 0 Å². The number of carbonyl (C=O) groups excluding carboxylic acids is 4. The predicted molar refractivity (Wildman–Crippen MR) is 91.0 cm³/mol. The van der Waals surface area contributed by atoms with E-state index < -0.39 is 48.9 Å². The van der Waals surface area contributed by atoms with Crippen LogP contribution < -0.4 is 27.0 Å². The fourth-order valence-corrected chi connectivity index (χ4v) is 2.45. The van der Waals surface area contributed by atoms with Gasteiger partial charge >= 0.3 is 5.97 Å². The summed E-state index contributed by atoms with van der Waals surface area (Å²) in [5.41, 5.74) is 4.95. The molecule has 1 saturated heterocycles. The van der Waals surface area contributed by atoms with E-state index in [4.69, 9.17) is 10.8 Å². The number of aliphatic carboxylic acids is 1. The molecular formula is C15H25N5O7. The zero-order chi connectivity index (χ0) is 20.4. The van der Waals surface area contributed by atoms with Gasteiger partial charge in [-0.25, -0.2) is 4.79 Å². The first-order valence-electron chi connectivity index (χ1n) is 8.47. The Balaban J connectivity index is 2.48. The molecule has 1 fully saturated rings. The number of rotatable bonds is 11. The van der Waals surface area contributed by atoms with Crippen molar-refractivity contribution in [3.05, 3.63) is 0 Å². The molecule has 3 unspecified atom stereocenters. The Kier molecular flexibility index (Phi) is 9.16. The van der Waals surface area contributed by atoms with Gasteiger partial charge in [0.25, 0.3) is 0 Å². The second-order valence-electron chi connectivity index (χ2n) is 6.07. The van der Waals surface area contributed by atoms with Crippen LogP contribution in [0.3, 0.4) is 0 Å². The molecule has 0 aliphatic carbocycles. The average Bonchev–Trinajstić information content (AvgIpc) is 3.15. The lowest BCUT2D eigenvalue weighted by Crippen LogP contribution is -2.55. The summed E-state index contributed by atoms with van der Waals surface area (Å²) in [6.07, 6.45) is 1.04. The summed E-state index contributed by atoms with van der Waals surface area (Å²) in [6.45, 7) is -0.458. The molecule has 0 spiro atoms. The first-order valence-corrected chi connectivity index (χ1v) is 8.47. The van der Waals surface area contributed by atoms with E-state index in [0.717, 1.165) is 13.0 Å². The SMILES string of the molecule is NC(=O)CCC(NC(=O)C(CO)NC(=O)CNC(=O)C1CCCN1)C(=O)O. The topological polar surface area (TPSA) is 200 Å². The highest BCUT2D eigenvalue weighted by molar-refractivity contribution is 5.92. The predicted octanol–water partition coefficient (Wildman–Crippen LogP) is -3.83. The fourth-order valence-electron chi connectivity index (χ4n) is 2.45. The van der Waals surface area contributed by atoms with Gasteiger partial charge in [-0.05, 0) is 25.8 Å². The summed E-state index contributed by atoms with van der Waals surface area (Å²) < 4.78 is 0. The van der Waals surface area contributed by atoms with Crippen molar-refractivity contribution in [1.29, 1.82) is 0 Å². The molecule has 0 saturated carbocycles. The molecule has 0 aromatic heterocycles. The highest BCUT2D eigenvalue weighted by atomic mass is 16.4. The van der Waals surface area contributed by atoms with E-state index >= 15 is 0 Å². The lowest BCUT2D eigenvalue weighted by atomic mass is 10.1. The standard InChI is InChI=1S/C15H25N5O7/c16-11(22)4-3-9(15(26)27)20-14(25)10(7-21)19-12(23)6-18-13(24)8-2-1-5-17-8/h8-10,17,21H,1-7H2,(H2,16,22)(H,18,24)(H,19,23)(H,20,25)(H,26,27). The zero-order valence-electron chi connectivity index (χ0n) is 14.7. The van der Waals surface area contributed by atoms with Gasteiger partial charge in [-0.3, -0.25) is 19.2 Å². The van der Waals surface area contributed by atoms with Crippen LogP contribution in [0.15, 0.2) is 0 Å². The fraction of sp³-hybridized carbons (Fsp3) is 0.667. The van der Waals surface area contributed by atoms with Gasteiger partial charge in [-0.2, -0.15) is 0 Å². The Hall–Kier alpha value is -2.73. The molecule has 12 heteroatoms. The summed E-state index contributed by atoms with van der Waals surface area (Å²) in [5.74, 6) is -4.12. The second-order valence-corrected chi connectivity index (χ2v) is 6.07. The number of primary amides is 1. The van der Waals surface area contributed by atoms with Crippen molar-refractivity contribution < 1.29 is 34.2 Å². The maximum Gasteiger partial charge on any atom is 0.326 e. The Bertz CT molecular complexity index is 577. The third-order valence-electron chi connectivity index (χ3n) is 3.93. The van der Waals surface area contributed by atoms with Crippen molar-refractivity contribution in [2.24, 2.45) is 5.73 Å². The molecule has 3 atom stereocenters. The minimum atomic E-state index is -1.41. The minimum Gasteiger partial charge on any atom is -0.480 e. The van der Waals surface area contributed by atoms with Crippen LogP contribution >= 0.6 is 0 Å². The highest BCUT2D eigenvalue weighted by Crippen LogP contribution is 2.04. The van der Waals surface area contributed by atoms with Gasteiger partial charge < -0.3 is 37.2 Å². The average molecular weight is 387 g/mol. The zero-order valence-corrected chi connectivity index (χ0v) is 14.7. The van der Waals surface area contributed by atoms with Crippen molar-refractivity contribution in [3.8, 4) is 0 Å². The number of hydrogen-bond donors (Lipinski definition) is 7. The normalized spacial score (nSPS) is 18.2. The molecule has 0 aromatic carbocycles. The number of aliphatic hydroxyl groups excluding tert-OH is 1.